The van der Waals surface area contributed by atoms with Crippen LogP contribution in [0, 0.1) is 6.92 Å². The zero-order valence-electron chi connectivity index (χ0n) is 14.2. The third-order valence-corrected chi connectivity index (χ3v) is 3.83. The van der Waals surface area contributed by atoms with Gasteiger partial charge in [0.05, 0.1) is 5.56 Å². The number of rotatable bonds is 1. The van der Waals surface area contributed by atoms with Crippen LogP contribution in [0.15, 0.2) is 18.2 Å². The molecule has 1 heterocycles. The second-order valence-electron chi connectivity index (χ2n) is 5.34. The number of anilines is 1. The van der Waals surface area contributed by atoms with E-state index in [1.165, 1.54) is 26.0 Å². The molecule has 0 saturated carbocycles. The Balaban J connectivity index is 0.00000127. The summed E-state index contributed by atoms with van der Waals surface area (Å²) >= 11 is 0. The molecule has 2 rings (SSSR count). The molecule has 0 atom stereocenters. The highest BCUT2D eigenvalue weighted by Crippen LogP contribution is 2.34. The highest BCUT2D eigenvalue weighted by atomic mass is 19.4. The number of amides is 1. The highest BCUT2D eigenvalue weighted by Gasteiger charge is 2.33. The summed E-state index contributed by atoms with van der Waals surface area (Å²) in [5.41, 5.74) is 0.206. The Morgan fingerprint density at radius 2 is 1.74 bits per heavy atom. The topological polar surface area (TPSA) is 23.6 Å². The lowest BCUT2D eigenvalue weighted by Gasteiger charge is -2.24. The van der Waals surface area contributed by atoms with E-state index in [0.717, 1.165) is 6.42 Å². The lowest BCUT2D eigenvalue weighted by atomic mass is 10.1. The number of carbonyl (C=O) groups excluding carboxylic acids is 1. The van der Waals surface area contributed by atoms with Gasteiger partial charge >= 0.3 is 6.18 Å². The summed E-state index contributed by atoms with van der Waals surface area (Å²) in [6.45, 7) is 9.40. The van der Waals surface area contributed by atoms with E-state index in [4.69, 9.17) is 0 Å². The van der Waals surface area contributed by atoms with Crippen molar-refractivity contribution in [3.8, 4) is 0 Å². The predicted molar refractivity (Wildman–Crippen MR) is 86.6 cm³/mol. The van der Waals surface area contributed by atoms with Crippen LogP contribution in [0.4, 0.5) is 18.9 Å². The van der Waals surface area contributed by atoms with Crippen molar-refractivity contribution >= 4 is 11.6 Å². The number of hydrogen-bond donors (Lipinski definition) is 0. The van der Waals surface area contributed by atoms with Crippen LogP contribution in [0.5, 0.6) is 0 Å². The number of alkyl halides is 3. The molecule has 1 aliphatic rings. The molecule has 1 aromatic carbocycles. The van der Waals surface area contributed by atoms with Gasteiger partial charge in [-0.1, -0.05) is 19.9 Å². The van der Waals surface area contributed by atoms with Crippen molar-refractivity contribution in [1.29, 1.82) is 0 Å². The summed E-state index contributed by atoms with van der Waals surface area (Å²) in [6.07, 6.45) is -3.58. The average molecular weight is 330 g/mol. The number of aryl methyl sites for hydroxylation is 1. The van der Waals surface area contributed by atoms with Gasteiger partial charge < -0.3 is 9.80 Å². The van der Waals surface area contributed by atoms with E-state index in [-0.39, 0.29) is 11.5 Å². The zero-order chi connectivity index (χ0) is 17.6. The number of nitrogens with zero attached hydrogens (tertiary/aromatic N) is 2. The van der Waals surface area contributed by atoms with E-state index in [0.29, 0.717) is 31.9 Å². The molecule has 0 radical (unpaired) electrons. The van der Waals surface area contributed by atoms with Gasteiger partial charge in [-0.2, -0.15) is 13.2 Å². The molecule has 0 N–H and O–H groups in total. The normalized spacial score (nSPS) is 15.6. The van der Waals surface area contributed by atoms with Crippen LogP contribution in [0.1, 0.15) is 38.3 Å². The van der Waals surface area contributed by atoms with Gasteiger partial charge in [0.15, 0.2) is 0 Å². The molecule has 0 aliphatic carbocycles. The van der Waals surface area contributed by atoms with Crippen LogP contribution in [0.3, 0.4) is 0 Å². The van der Waals surface area contributed by atoms with Crippen molar-refractivity contribution in [2.45, 2.75) is 40.3 Å². The summed E-state index contributed by atoms with van der Waals surface area (Å²) in [6, 6.07) is 4.43. The fourth-order valence-electron chi connectivity index (χ4n) is 2.60. The molecule has 1 aromatic rings. The molecule has 0 spiro atoms. The van der Waals surface area contributed by atoms with Gasteiger partial charge in [-0.3, -0.25) is 4.79 Å². The first-order chi connectivity index (χ1) is 10.8. The molecule has 1 fully saturated rings. The van der Waals surface area contributed by atoms with Crippen LogP contribution in [0.25, 0.3) is 0 Å². The molecule has 23 heavy (non-hydrogen) atoms. The van der Waals surface area contributed by atoms with E-state index < -0.39 is 11.7 Å². The summed E-state index contributed by atoms with van der Waals surface area (Å²) in [4.78, 5) is 15.0. The maximum absolute atomic E-state index is 13.0. The summed E-state index contributed by atoms with van der Waals surface area (Å²) < 4.78 is 38.9. The van der Waals surface area contributed by atoms with Crippen LogP contribution in [0.2, 0.25) is 0 Å². The first-order valence-corrected chi connectivity index (χ1v) is 7.97. The number of halogens is 3. The van der Waals surface area contributed by atoms with Crippen molar-refractivity contribution in [2.75, 3.05) is 31.1 Å². The van der Waals surface area contributed by atoms with Crippen LogP contribution >= 0.6 is 0 Å². The first kappa shape index (κ1) is 19.3. The molecular weight excluding hydrogens is 305 g/mol. The van der Waals surface area contributed by atoms with Crippen molar-refractivity contribution in [1.82, 2.24) is 4.90 Å². The van der Waals surface area contributed by atoms with Gasteiger partial charge in [-0.15, -0.1) is 0 Å². The molecule has 0 aromatic heterocycles. The molecule has 1 amide bonds. The Hall–Kier alpha value is -1.72. The third-order valence-electron chi connectivity index (χ3n) is 3.83. The van der Waals surface area contributed by atoms with Gasteiger partial charge in [0.25, 0.3) is 0 Å². The maximum Gasteiger partial charge on any atom is 0.416 e. The number of benzene rings is 1. The predicted octanol–water partition coefficient (Wildman–Crippen LogP) is 4.10. The average Bonchev–Trinajstić information content (AvgIpc) is 2.74. The molecule has 1 saturated heterocycles. The zero-order valence-corrected chi connectivity index (χ0v) is 14.2. The van der Waals surface area contributed by atoms with Crippen molar-refractivity contribution in [3.05, 3.63) is 29.3 Å². The molecule has 130 valence electrons. The van der Waals surface area contributed by atoms with Crippen molar-refractivity contribution < 1.29 is 18.0 Å². The van der Waals surface area contributed by atoms with E-state index in [1.54, 1.807) is 11.0 Å². The summed E-state index contributed by atoms with van der Waals surface area (Å²) in [7, 11) is 0. The Bertz CT molecular complexity index is 529. The van der Waals surface area contributed by atoms with E-state index >= 15 is 0 Å². The monoisotopic (exact) mass is 330 g/mol. The van der Waals surface area contributed by atoms with Gasteiger partial charge in [-0.05, 0) is 31.0 Å². The van der Waals surface area contributed by atoms with Crippen molar-refractivity contribution in [2.24, 2.45) is 0 Å². The fourth-order valence-corrected chi connectivity index (χ4v) is 2.60. The summed E-state index contributed by atoms with van der Waals surface area (Å²) in [5.74, 6) is 0.0109. The molecular formula is C17H25F3N2O. The number of carbonyl (C=O) groups is 1. The molecule has 6 heteroatoms. The fraction of sp³-hybridized carbons (Fsp3) is 0.588. The summed E-state index contributed by atoms with van der Waals surface area (Å²) in [5, 5.41) is 0. The Labute approximate surface area is 136 Å². The number of hydrogen-bond acceptors (Lipinski definition) is 2. The smallest absolute Gasteiger partial charge is 0.370 e. The van der Waals surface area contributed by atoms with Crippen LogP contribution < -0.4 is 4.90 Å². The third kappa shape index (κ3) is 5.15. The second kappa shape index (κ2) is 8.22. The van der Waals surface area contributed by atoms with E-state index in [9.17, 15) is 18.0 Å². The van der Waals surface area contributed by atoms with Crippen LogP contribution in [-0.4, -0.2) is 37.0 Å². The SMILES string of the molecule is CC.CC(=O)N1CCCN(c2ccc(C)c(C(F)(F)F)c2)CC1. The van der Waals surface area contributed by atoms with Gasteiger partial charge in [0, 0.05) is 38.8 Å². The minimum atomic E-state index is -4.34. The molecule has 3 nitrogen and oxygen atoms in total. The Kier molecular flexibility index (Phi) is 6.91. The lowest BCUT2D eigenvalue weighted by molar-refractivity contribution is -0.138. The van der Waals surface area contributed by atoms with E-state index in [2.05, 4.69) is 0 Å². The quantitative estimate of drug-likeness (QED) is 0.774. The van der Waals surface area contributed by atoms with Crippen molar-refractivity contribution in [3.63, 3.8) is 0 Å². The minimum absolute atomic E-state index is 0.0109. The lowest BCUT2D eigenvalue weighted by Crippen LogP contribution is -2.33. The standard InChI is InChI=1S/C15H19F3N2O.C2H6/c1-11-4-5-13(10-14(11)15(16,17)18)20-7-3-6-19(8-9-20)12(2)21;1-2/h4-5,10H,3,6-9H2,1-2H3;1-2H3. The van der Waals surface area contributed by atoms with Crippen LogP contribution in [-0.2, 0) is 11.0 Å². The largest absolute Gasteiger partial charge is 0.416 e. The highest BCUT2D eigenvalue weighted by molar-refractivity contribution is 5.73. The van der Waals surface area contributed by atoms with Gasteiger partial charge in [0.1, 0.15) is 0 Å². The van der Waals surface area contributed by atoms with Gasteiger partial charge in [0.2, 0.25) is 5.91 Å². The maximum atomic E-state index is 13.0. The molecule has 1 aliphatic heterocycles. The van der Waals surface area contributed by atoms with Gasteiger partial charge in [-0.25, -0.2) is 0 Å². The second-order valence-corrected chi connectivity index (χ2v) is 5.34. The first-order valence-electron chi connectivity index (χ1n) is 7.97. The molecule has 0 unspecified atom stereocenters. The minimum Gasteiger partial charge on any atom is -0.370 e. The Morgan fingerprint density at radius 1 is 1.09 bits per heavy atom. The Morgan fingerprint density at radius 3 is 2.30 bits per heavy atom. The van der Waals surface area contributed by atoms with E-state index in [1.807, 2.05) is 18.7 Å². The molecule has 0 bridgehead atoms.